The molecule has 0 aliphatic carbocycles. The highest BCUT2D eigenvalue weighted by atomic mass is 31.2. The van der Waals surface area contributed by atoms with E-state index in [9.17, 15) is 28.9 Å². The lowest BCUT2D eigenvalue weighted by atomic mass is 10.0. The maximum atomic E-state index is 12.9. The second-order valence-electron chi connectivity index (χ2n) is 21.6. The van der Waals surface area contributed by atoms with Gasteiger partial charge in [0.1, 0.15) is 12.7 Å². The molecule has 0 bridgehead atoms. The van der Waals surface area contributed by atoms with Crippen LogP contribution in [0.3, 0.4) is 0 Å². The molecule has 12 heteroatoms. The van der Waals surface area contributed by atoms with E-state index in [4.69, 9.17) is 23.3 Å². The second-order valence-corrected chi connectivity index (χ2v) is 23.0. The SMILES string of the molecule is CCCCC/C=C\C/C=C\CCCCCCCC(=O)OC(CO)COP(=O)(O)OCC(COC(=O)CCCCCCCCCCCCCCCCCCC)OC(=O)CCCCCCCCC/C=C\CCCCCCCC. The number of rotatable bonds is 60. The summed E-state index contributed by atoms with van der Waals surface area (Å²) < 4.78 is 39.7. The van der Waals surface area contributed by atoms with Gasteiger partial charge in [-0.1, -0.05) is 256 Å². The van der Waals surface area contributed by atoms with Crippen LogP contribution in [-0.4, -0.2) is 66.5 Å². The van der Waals surface area contributed by atoms with Crippen LogP contribution in [0.1, 0.15) is 316 Å². The van der Waals surface area contributed by atoms with Crippen molar-refractivity contribution in [3.63, 3.8) is 0 Å². The van der Waals surface area contributed by atoms with Crippen molar-refractivity contribution in [2.24, 2.45) is 0 Å². The van der Waals surface area contributed by atoms with Gasteiger partial charge >= 0.3 is 25.7 Å². The molecule has 0 aliphatic rings. The van der Waals surface area contributed by atoms with E-state index in [1.807, 2.05) is 0 Å². The molecule has 0 saturated carbocycles. The molecule has 0 saturated heterocycles. The Hall–Kier alpha value is -2.30. The molecule has 11 nitrogen and oxygen atoms in total. The third-order valence-corrected chi connectivity index (χ3v) is 15.0. The summed E-state index contributed by atoms with van der Waals surface area (Å²) in [5, 5.41) is 9.84. The van der Waals surface area contributed by atoms with Crippen LogP contribution in [0, 0.1) is 0 Å². The standard InChI is InChI=1S/C64H119O11P/c1-4-7-10-13-16-19-22-25-28-30-33-35-38-41-44-47-50-53-62(66)71-57-61(75-64(68)55-52-49-46-43-40-37-34-31-29-26-23-20-17-14-11-8-5-2)59-73-76(69,70)72-58-60(56-65)74-63(67)54-51-48-45-42-39-36-32-27-24-21-18-15-12-9-6-3/h18,21,26-27,29,32,60-61,65H,4-17,19-20,22-25,28,30-31,33-59H2,1-3H3,(H,69,70)/b21-18-,29-26-,32-27-. The molecule has 446 valence electrons. The Morgan fingerprint density at radius 3 is 1.01 bits per heavy atom. The van der Waals surface area contributed by atoms with Crippen molar-refractivity contribution in [3.05, 3.63) is 36.5 Å². The van der Waals surface area contributed by atoms with Crippen LogP contribution in [0.15, 0.2) is 36.5 Å². The lowest BCUT2D eigenvalue weighted by molar-refractivity contribution is -0.161. The van der Waals surface area contributed by atoms with E-state index in [1.165, 1.54) is 167 Å². The van der Waals surface area contributed by atoms with E-state index in [2.05, 4.69) is 57.2 Å². The summed E-state index contributed by atoms with van der Waals surface area (Å²) in [6.45, 7) is 4.66. The van der Waals surface area contributed by atoms with E-state index in [0.717, 1.165) is 89.9 Å². The Labute approximate surface area is 467 Å². The first-order chi connectivity index (χ1) is 37.2. The summed E-state index contributed by atoms with van der Waals surface area (Å²) in [6, 6.07) is 0. The highest BCUT2D eigenvalue weighted by Gasteiger charge is 2.28. The Kier molecular flexibility index (Phi) is 57.1. The molecule has 0 aromatic heterocycles. The average molecular weight is 1100 g/mol. The molecule has 2 N–H and O–H groups in total. The van der Waals surface area contributed by atoms with E-state index in [-0.39, 0.29) is 25.9 Å². The topological polar surface area (TPSA) is 155 Å². The van der Waals surface area contributed by atoms with Crippen LogP contribution in [0.2, 0.25) is 0 Å². The Morgan fingerprint density at radius 1 is 0.368 bits per heavy atom. The van der Waals surface area contributed by atoms with Gasteiger partial charge in [-0.05, 0) is 77.0 Å². The quantitative estimate of drug-likeness (QED) is 0.0197. The molecular weight excluding hydrogens is 976 g/mol. The molecule has 0 rings (SSSR count). The largest absolute Gasteiger partial charge is 0.472 e. The summed E-state index contributed by atoms with van der Waals surface area (Å²) in [5.41, 5.74) is 0. The van der Waals surface area contributed by atoms with E-state index >= 15 is 0 Å². The Balaban J connectivity index is 4.69. The number of esters is 3. The van der Waals surface area contributed by atoms with Crippen LogP contribution < -0.4 is 0 Å². The number of carbonyl (C=O) groups excluding carboxylic acids is 3. The maximum absolute atomic E-state index is 12.9. The van der Waals surface area contributed by atoms with Crippen LogP contribution in [0.25, 0.3) is 0 Å². The van der Waals surface area contributed by atoms with E-state index < -0.39 is 57.8 Å². The Bertz CT molecular complexity index is 1420. The van der Waals surface area contributed by atoms with Crippen LogP contribution in [0.4, 0.5) is 0 Å². The summed E-state index contributed by atoms with van der Waals surface area (Å²) >= 11 is 0. The van der Waals surface area contributed by atoms with Gasteiger partial charge in [0.25, 0.3) is 0 Å². The van der Waals surface area contributed by atoms with Gasteiger partial charge in [0.15, 0.2) is 6.10 Å². The number of hydrogen-bond acceptors (Lipinski definition) is 10. The van der Waals surface area contributed by atoms with Gasteiger partial charge in [-0.3, -0.25) is 23.4 Å². The molecule has 3 atom stereocenters. The molecule has 0 fully saturated rings. The average Bonchev–Trinajstić information content (AvgIpc) is 3.41. The van der Waals surface area contributed by atoms with Gasteiger partial charge in [-0.25, -0.2) is 4.57 Å². The minimum atomic E-state index is -4.75. The predicted molar refractivity (Wildman–Crippen MR) is 316 cm³/mol. The summed E-state index contributed by atoms with van der Waals surface area (Å²) in [4.78, 5) is 48.7. The number of phosphoric acid groups is 1. The second kappa shape index (κ2) is 58.8. The van der Waals surface area contributed by atoms with Crippen LogP contribution in [-0.2, 0) is 42.2 Å². The van der Waals surface area contributed by atoms with Crippen molar-refractivity contribution in [1.82, 2.24) is 0 Å². The van der Waals surface area contributed by atoms with E-state index in [1.54, 1.807) is 0 Å². The maximum Gasteiger partial charge on any atom is 0.472 e. The molecule has 0 heterocycles. The number of aliphatic hydroxyl groups excluding tert-OH is 1. The van der Waals surface area contributed by atoms with Crippen molar-refractivity contribution in [2.75, 3.05) is 26.4 Å². The number of allylic oxidation sites excluding steroid dienone is 6. The lowest BCUT2D eigenvalue weighted by Gasteiger charge is -2.21. The number of phosphoric ester groups is 1. The Morgan fingerprint density at radius 2 is 0.645 bits per heavy atom. The zero-order chi connectivity index (χ0) is 55.5. The van der Waals surface area contributed by atoms with Gasteiger partial charge in [0, 0.05) is 19.3 Å². The molecule has 0 amide bonds. The van der Waals surface area contributed by atoms with E-state index in [0.29, 0.717) is 19.3 Å². The number of unbranched alkanes of at least 4 members (excludes halogenated alkanes) is 37. The van der Waals surface area contributed by atoms with Gasteiger partial charge in [0.05, 0.1) is 19.8 Å². The first kappa shape index (κ1) is 73.7. The zero-order valence-corrected chi connectivity index (χ0v) is 50.4. The predicted octanol–water partition coefficient (Wildman–Crippen LogP) is 19.2. The third-order valence-electron chi connectivity index (χ3n) is 14.0. The number of carbonyl (C=O) groups is 3. The van der Waals surface area contributed by atoms with Crippen molar-refractivity contribution < 1.29 is 52.2 Å². The number of hydrogen-bond donors (Lipinski definition) is 2. The van der Waals surface area contributed by atoms with Gasteiger partial charge in [0.2, 0.25) is 0 Å². The smallest absolute Gasteiger partial charge is 0.462 e. The lowest BCUT2D eigenvalue weighted by Crippen LogP contribution is -2.30. The van der Waals surface area contributed by atoms with Gasteiger partial charge in [-0.15, -0.1) is 0 Å². The van der Waals surface area contributed by atoms with Gasteiger partial charge < -0.3 is 24.2 Å². The molecule has 0 aromatic rings. The fraction of sp³-hybridized carbons (Fsp3) is 0.859. The number of aliphatic hydroxyl groups is 1. The summed E-state index contributed by atoms with van der Waals surface area (Å²) in [5.74, 6) is -1.46. The molecule has 3 unspecified atom stereocenters. The van der Waals surface area contributed by atoms with Crippen molar-refractivity contribution in [1.29, 1.82) is 0 Å². The summed E-state index contributed by atoms with van der Waals surface area (Å²) in [6.07, 6.45) is 62.3. The van der Waals surface area contributed by atoms with Crippen LogP contribution >= 0.6 is 7.82 Å². The van der Waals surface area contributed by atoms with Crippen LogP contribution in [0.5, 0.6) is 0 Å². The number of ether oxygens (including phenoxy) is 3. The highest BCUT2D eigenvalue weighted by Crippen LogP contribution is 2.43. The molecule has 76 heavy (non-hydrogen) atoms. The van der Waals surface area contributed by atoms with Crippen molar-refractivity contribution >= 4 is 25.7 Å². The normalized spacial score (nSPS) is 13.5. The zero-order valence-electron chi connectivity index (χ0n) is 49.5. The fourth-order valence-corrected chi connectivity index (χ4v) is 9.93. The fourth-order valence-electron chi connectivity index (χ4n) is 9.15. The molecule has 0 spiro atoms. The molecule has 0 aliphatic heterocycles. The molecule has 0 aromatic carbocycles. The monoisotopic (exact) mass is 1090 g/mol. The summed E-state index contributed by atoms with van der Waals surface area (Å²) in [7, 11) is -4.75. The minimum absolute atomic E-state index is 0.164. The van der Waals surface area contributed by atoms with Crippen molar-refractivity contribution in [2.45, 2.75) is 328 Å². The van der Waals surface area contributed by atoms with Crippen molar-refractivity contribution in [3.8, 4) is 0 Å². The first-order valence-corrected chi connectivity index (χ1v) is 33.4. The highest BCUT2D eigenvalue weighted by molar-refractivity contribution is 7.47. The van der Waals surface area contributed by atoms with Gasteiger partial charge in [-0.2, -0.15) is 0 Å². The minimum Gasteiger partial charge on any atom is -0.462 e. The first-order valence-electron chi connectivity index (χ1n) is 31.9. The molecular formula is C64H119O11P. The third kappa shape index (κ3) is 56.4. The molecule has 0 radical (unpaired) electrons.